The summed E-state index contributed by atoms with van der Waals surface area (Å²) in [7, 11) is 0. The van der Waals surface area contributed by atoms with Gasteiger partial charge in [-0.1, -0.05) is 35.3 Å². The Hall–Kier alpha value is -3.04. The highest BCUT2D eigenvalue weighted by atomic mass is 35.5. The van der Waals surface area contributed by atoms with Gasteiger partial charge in [-0.05, 0) is 37.3 Å². The maximum atomic E-state index is 13.7. The number of hydrogen-bond donors (Lipinski definition) is 2. The van der Waals surface area contributed by atoms with Crippen LogP contribution in [0.3, 0.4) is 0 Å². The van der Waals surface area contributed by atoms with Gasteiger partial charge in [-0.25, -0.2) is 9.97 Å². The van der Waals surface area contributed by atoms with Crippen LogP contribution >= 0.6 is 23.2 Å². The molecule has 0 bridgehead atoms. The molecule has 0 saturated heterocycles. The number of nitrogens with one attached hydrogen (secondary N) is 2. The monoisotopic (exact) mass is 466 g/mol. The summed E-state index contributed by atoms with van der Waals surface area (Å²) in [5, 5.41) is 3.50. The molecule has 4 aromatic rings. The Morgan fingerprint density at radius 3 is 2.52 bits per heavy atom. The van der Waals surface area contributed by atoms with Crippen molar-refractivity contribution in [1.82, 2.24) is 19.9 Å². The van der Waals surface area contributed by atoms with Crippen molar-refractivity contribution in [2.45, 2.75) is 13.1 Å². The molecule has 160 valence electrons. The molecular formula is C20H15Cl2F3N6. The fourth-order valence-corrected chi connectivity index (χ4v) is 3.31. The predicted molar refractivity (Wildman–Crippen MR) is 116 cm³/mol. The molecule has 0 fully saturated rings. The molecule has 2 aromatic carbocycles. The van der Waals surface area contributed by atoms with Gasteiger partial charge in [-0.15, -0.1) is 0 Å². The molecule has 0 spiro atoms. The Morgan fingerprint density at radius 2 is 1.84 bits per heavy atom. The minimum Gasteiger partial charge on any atom is -0.324 e. The van der Waals surface area contributed by atoms with E-state index in [2.05, 4.69) is 25.3 Å². The molecule has 0 amide bonds. The molecule has 0 aliphatic rings. The van der Waals surface area contributed by atoms with E-state index in [0.717, 1.165) is 6.20 Å². The Bertz CT molecular complexity index is 1210. The van der Waals surface area contributed by atoms with Gasteiger partial charge in [0.1, 0.15) is 5.56 Å². The summed E-state index contributed by atoms with van der Waals surface area (Å²) in [5.41, 5.74) is 0.835. The van der Waals surface area contributed by atoms with Crippen LogP contribution in [0, 0.1) is 0 Å². The Kier molecular flexibility index (Phi) is 5.63. The Balaban J connectivity index is 1.78. The molecule has 0 aliphatic heterocycles. The first-order chi connectivity index (χ1) is 14.8. The summed E-state index contributed by atoms with van der Waals surface area (Å²) >= 11 is 11.9. The van der Waals surface area contributed by atoms with Crippen molar-refractivity contribution >= 4 is 57.6 Å². The zero-order chi connectivity index (χ0) is 22.2. The summed E-state index contributed by atoms with van der Waals surface area (Å²) in [5.74, 6) is -0.115. The zero-order valence-electron chi connectivity index (χ0n) is 16.0. The number of nitrogens with zero attached hydrogens (tertiary/aromatic N) is 4. The molecule has 0 aliphatic carbocycles. The van der Waals surface area contributed by atoms with Crippen molar-refractivity contribution in [3.8, 4) is 0 Å². The lowest BCUT2D eigenvalue weighted by Crippen LogP contribution is -2.24. The minimum atomic E-state index is -4.66. The van der Waals surface area contributed by atoms with Crippen LogP contribution in [0.25, 0.3) is 11.0 Å². The number of aromatic amines is 1. The minimum absolute atomic E-state index is 0.0315. The van der Waals surface area contributed by atoms with Crippen molar-refractivity contribution in [3.05, 3.63) is 64.3 Å². The molecule has 2 aromatic heterocycles. The van der Waals surface area contributed by atoms with Crippen LogP contribution in [-0.4, -0.2) is 26.5 Å². The first kappa shape index (κ1) is 21.2. The fourth-order valence-electron chi connectivity index (χ4n) is 3.01. The summed E-state index contributed by atoms with van der Waals surface area (Å²) in [6.45, 7) is 1.90. The van der Waals surface area contributed by atoms with Crippen molar-refractivity contribution < 1.29 is 13.2 Å². The van der Waals surface area contributed by atoms with E-state index in [1.54, 1.807) is 37.3 Å². The van der Waals surface area contributed by atoms with E-state index in [1.165, 1.54) is 11.0 Å². The van der Waals surface area contributed by atoms with Crippen molar-refractivity contribution in [2.24, 2.45) is 0 Å². The lowest BCUT2D eigenvalue weighted by atomic mass is 10.2. The second-order valence-electron chi connectivity index (χ2n) is 6.50. The summed E-state index contributed by atoms with van der Waals surface area (Å²) < 4.78 is 41.2. The number of alkyl halides is 3. The van der Waals surface area contributed by atoms with E-state index >= 15 is 0 Å². The fraction of sp³-hybridized carbons (Fsp3) is 0.150. The summed E-state index contributed by atoms with van der Waals surface area (Å²) in [4.78, 5) is 16.8. The lowest BCUT2D eigenvalue weighted by Gasteiger charge is -2.23. The smallest absolute Gasteiger partial charge is 0.324 e. The second kappa shape index (κ2) is 8.24. The molecule has 2 heterocycles. The molecule has 4 rings (SSSR count). The van der Waals surface area contributed by atoms with E-state index < -0.39 is 11.7 Å². The van der Waals surface area contributed by atoms with E-state index in [1.807, 2.05) is 6.07 Å². The highest BCUT2D eigenvalue weighted by Crippen LogP contribution is 2.38. The molecule has 0 atom stereocenters. The predicted octanol–water partition coefficient (Wildman–Crippen LogP) is 6.58. The first-order valence-electron chi connectivity index (χ1n) is 9.15. The van der Waals surface area contributed by atoms with Crippen LogP contribution in [0.1, 0.15) is 12.5 Å². The maximum absolute atomic E-state index is 13.7. The van der Waals surface area contributed by atoms with Crippen molar-refractivity contribution in [3.63, 3.8) is 0 Å². The van der Waals surface area contributed by atoms with Crippen LogP contribution in [-0.2, 0) is 6.18 Å². The topological polar surface area (TPSA) is 69.7 Å². The number of rotatable bonds is 5. The van der Waals surface area contributed by atoms with Gasteiger partial charge in [-0.3, -0.25) is 4.90 Å². The number of aromatic nitrogens is 4. The van der Waals surface area contributed by atoms with E-state index in [9.17, 15) is 13.2 Å². The molecular weight excluding hydrogens is 452 g/mol. The molecule has 2 N–H and O–H groups in total. The van der Waals surface area contributed by atoms with E-state index in [0.29, 0.717) is 21.7 Å². The number of anilines is 4. The Morgan fingerprint density at radius 1 is 1.06 bits per heavy atom. The SMILES string of the molecule is CCN(c1nc2ccccc2[nH]1)c1nc(Nc2ccc(Cl)c(Cl)c2)ncc1C(F)(F)F. The van der Waals surface area contributed by atoms with Crippen LogP contribution < -0.4 is 10.2 Å². The number of para-hydroxylation sites is 2. The summed E-state index contributed by atoms with van der Waals surface area (Å²) in [6.07, 6.45) is -3.91. The van der Waals surface area contributed by atoms with Gasteiger partial charge in [0.25, 0.3) is 0 Å². The third kappa shape index (κ3) is 4.38. The average Bonchev–Trinajstić information content (AvgIpc) is 3.14. The molecule has 6 nitrogen and oxygen atoms in total. The van der Waals surface area contributed by atoms with E-state index in [4.69, 9.17) is 23.2 Å². The third-order valence-electron chi connectivity index (χ3n) is 4.45. The number of hydrogen-bond acceptors (Lipinski definition) is 5. The quantitative estimate of drug-likeness (QED) is 0.347. The molecule has 0 saturated carbocycles. The molecule has 0 radical (unpaired) electrons. The van der Waals surface area contributed by atoms with E-state index in [-0.39, 0.29) is 29.3 Å². The van der Waals surface area contributed by atoms with Gasteiger partial charge < -0.3 is 10.3 Å². The number of imidazole rings is 1. The number of halogens is 5. The van der Waals surface area contributed by atoms with Gasteiger partial charge in [0.2, 0.25) is 11.9 Å². The normalized spacial score (nSPS) is 11.7. The van der Waals surface area contributed by atoms with Crippen LogP contribution in [0.4, 0.5) is 36.6 Å². The van der Waals surface area contributed by atoms with Crippen LogP contribution in [0.5, 0.6) is 0 Å². The zero-order valence-corrected chi connectivity index (χ0v) is 17.5. The average molecular weight is 467 g/mol. The number of benzene rings is 2. The van der Waals surface area contributed by atoms with Gasteiger partial charge in [-0.2, -0.15) is 18.2 Å². The van der Waals surface area contributed by atoms with Gasteiger partial charge in [0.15, 0.2) is 5.82 Å². The molecule has 31 heavy (non-hydrogen) atoms. The Labute approximate surface area is 185 Å². The number of fused-ring (bicyclic) bond motifs is 1. The van der Waals surface area contributed by atoms with Crippen LogP contribution in [0.2, 0.25) is 10.0 Å². The van der Waals surface area contributed by atoms with Gasteiger partial charge in [0, 0.05) is 18.4 Å². The third-order valence-corrected chi connectivity index (χ3v) is 5.19. The van der Waals surface area contributed by atoms with Gasteiger partial charge in [0.05, 0.1) is 21.1 Å². The molecule has 0 unspecified atom stereocenters. The summed E-state index contributed by atoms with van der Waals surface area (Å²) in [6, 6.07) is 11.9. The highest BCUT2D eigenvalue weighted by molar-refractivity contribution is 6.42. The van der Waals surface area contributed by atoms with Crippen molar-refractivity contribution in [1.29, 1.82) is 0 Å². The number of H-pyrrole nitrogens is 1. The standard InChI is InChI=1S/C20H15Cl2F3N6/c1-2-31(19-28-15-5-3-4-6-16(15)29-19)17-12(20(23,24)25)10-26-18(30-17)27-11-7-8-13(21)14(22)9-11/h3-10H,2H2,1H3,(H,28,29)(H,26,27,30). The second-order valence-corrected chi connectivity index (χ2v) is 7.32. The molecule has 11 heteroatoms. The largest absolute Gasteiger partial charge is 0.421 e. The van der Waals surface area contributed by atoms with Crippen LogP contribution in [0.15, 0.2) is 48.7 Å². The maximum Gasteiger partial charge on any atom is 0.421 e. The van der Waals surface area contributed by atoms with Crippen molar-refractivity contribution in [2.75, 3.05) is 16.8 Å². The lowest BCUT2D eigenvalue weighted by molar-refractivity contribution is -0.137. The van der Waals surface area contributed by atoms with Gasteiger partial charge >= 0.3 is 6.18 Å². The highest BCUT2D eigenvalue weighted by Gasteiger charge is 2.37. The first-order valence-corrected chi connectivity index (χ1v) is 9.90.